The van der Waals surface area contributed by atoms with Gasteiger partial charge in [0.25, 0.3) is 5.91 Å². The molecule has 27 heavy (non-hydrogen) atoms. The lowest BCUT2D eigenvalue weighted by atomic mass is 10.2. The Morgan fingerprint density at radius 3 is 2.37 bits per heavy atom. The molecule has 0 saturated carbocycles. The van der Waals surface area contributed by atoms with Gasteiger partial charge in [0.15, 0.2) is 0 Å². The highest BCUT2D eigenvalue weighted by Crippen LogP contribution is 2.27. The van der Waals surface area contributed by atoms with Crippen LogP contribution in [0.1, 0.15) is 12.0 Å². The van der Waals surface area contributed by atoms with Crippen LogP contribution in [-0.2, 0) is 4.79 Å². The average molecular weight is 402 g/mol. The van der Waals surface area contributed by atoms with E-state index in [-0.39, 0.29) is 5.91 Å². The van der Waals surface area contributed by atoms with Crippen molar-refractivity contribution in [2.75, 3.05) is 20.3 Å². The van der Waals surface area contributed by atoms with Gasteiger partial charge in [0.05, 0.1) is 25.2 Å². The molecule has 0 atom stereocenters. The molecule has 1 fully saturated rings. The fourth-order valence-corrected chi connectivity index (χ4v) is 3.44. The standard InChI is InChI=1S/C20H19NO4S2/c1-23-15-6-3-8-17(13-15)25-10-4-9-24-16-7-2-5-14(11-16)12-18-19(22)21-20(26)27-18/h2-3,5-8,11-13H,4,9-10H2,1H3,(H,21,22,26). The van der Waals surface area contributed by atoms with Crippen LogP contribution in [0.5, 0.6) is 17.2 Å². The van der Waals surface area contributed by atoms with E-state index in [1.807, 2.05) is 48.5 Å². The van der Waals surface area contributed by atoms with E-state index < -0.39 is 0 Å². The third-order valence-electron chi connectivity index (χ3n) is 3.67. The van der Waals surface area contributed by atoms with E-state index in [4.69, 9.17) is 26.4 Å². The Hall–Kier alpha value is -2.51. The molecular weight excluding hydrogens is 382 g/mol. The summed E-state index contributed by atoms with van der Waals surface area (Å²) in [4.78, 5) is 12.3. The van der Waals surface area contributed by atoms with Gasteiger partial charge in [-0.1, -0.05) is 42.2 Å². The van der Waals surface area contributed by atoms with Crippen LogP contribution in [-0.4, -0.2) is 30.6 Å². The molecular formula is C20H19NO4S2. The fourth-order valence-electron chi connectivity index (χ4n) is 2.40. The van der Waals surface area contributed by atoms with Crippen molar-refractivity contribution in [1.82, 2.24) is 5.32 Å². The van der Waals surface area contributed by atoms with Crippen molar-refractivity contribution >= 4 is 40.3 Å². The zero-order chi connectivity index (χ0) is 19.1. The number of hydrogen-bond donors (Lipinski definition) is 1. The first-order chi connectivity index (χ1) is 13.1. The van der Waals surface area contributed by atoms with E-state index >= 15 is 0 Å². The summed E-state index contributed by atoms with van der Waals surface area (Å²) in [6.45, 7) is 1.08. The van der Waals surface area contributed by atoms with Gasteiger partial charge in [-0.2, -0.15) is 0 Å². The van der Waals surface area contributed by atoms with Crippen LogP contribution in [0.3, 0.4) is 0 Å². The van der Waals surface area contributed by atoms with E-state index in [1.54, 1.807) is 13.2 Å². The Bertz CT molecular complexity index is 867. The van der Waals surface area contributed by atoms with E-state index in [1.165, 1.54) is 11.8 Å². The van der Waals surface area contributed by atoms with Crippen LogP contribution in [0.2, 0.25) is 0 Å². The maximum absolute atomic E-state index is 11.7. The Kier molecular flexibility index (Phi) is 6.73. The molecule has 3 rings (SSSR count). The highest BCUT2D eigenvalue weighted by Gasteiger charge is 2.21. The molecule has 2 aromatic rings. The second-order valence-corrected chi connectivity index (χ2v) is 7.37. The van der Waals surface area contributed by atoms with Gasteiger partial charge in [-0.05, 0) is 35.9 Å². The van der Waals surface area contributed by atoms with Crippen molar-refractivity contribution in [2.24, 2.45) is 0 Å². The van der Waals surface area contributed by atoms with Crippen LogP contribution in [0.15, 0.2) is 53.4 Å². The number of benzene rings is 2. The number of thiocarbonyl (C=S) groups is 1. The smallest absolute Gasteiger partial charge is 0.263 e. The number of methoxy groups -OCH3 is 1. The molecule has 0 bridgehead atoms. The third kappa shape index (κ3) is 5.74. The van der Waals surface area contributed by atoms with Gasteiger partial charge >= 0.3 is 0 Å². The Labute approximate surface area is 167 Å². The van der Waals surface area contributed by atoms with Crippen molar-refractivity contribution < 1.29 is 19.0 Å². The lowest BCUT2D eigenvalue weighted by molar-refractivity contribution is -0.115. The van der Waals surface area contributed by atoms with Gasteiger partial charge in [-0.3, -0.25) is 4.79 Å². The van der Waals surface area contributed by atoms with Crippen LogP contribution in [0.25, 0.3) is 6.08 Å². The largest absolute Gasteiger partial charge is 0.497 e. The van der Waals surface area contributed by atoms with Crippen molar-refractivity contribution in [3.63, 3.8) is 0 Å². The summed E-state index contributed by atoms with van der Waals surface area (Å²) in [5.74, 6) is 2.13. The molecule has 140 valence electrons. The van der Waals surface area contributed by atoms with Gasteiger partial charge in [-0.15, -0.1) is 0 Å². The molecule has 0 spiro atoms. The van der Waals surface area contributed by atoms with E-state index in [9.17, 15) is 4.79 Å². The molecule has 1 heterocycles. The molecule has 0 aromatic heterocycles. The van der Waals surface area contributed by atoms with Gasteiger partial charge in [0, 0.05) is 12.5 Å². The maximum atomic E-state index is 11.7. The molecule has 0 unspecified atom stereocenters. The van der Waals surface area contributed by atoms with Gasteiger partial charge in [0.1, 0.15) is 21.6 Å². The zero-order valence-corrected chi connectivity index (χ0v) is 16.4. The van der Waals surface area contributed by atoms with Crippen LogP contribution in [0, 0.1) is 0 Å². The van der Waals surface area contributed by atoms with E-state index in [2.05, 4.69) is 5.32 Å². The number of hydrogen-bond acceptors (Lipinski definition) is 6. The molecule has 0 radical (unpaired) electrons. The number of amides is 1. The Balaban J connectivity index is 1.47. The Morgan fingerprint density at radius 1 is 1.04 bits per heavy atom. The molecule has 1 N–H and O–H groups in total. The van der Waals surface area contributed by atoms with Gasteiger partial charge in [0.2, 0.25) is 0 Å². The van der Waals surface area contributed by atoms with Crippen LogP contribution in [0.4, 0.5) is 0 Å². The van der Waals surface area contributed by atoms with Crippen molar-refractivity contribution in [3.05, 3.63) is 59.0 Å². The number of thioether (sulfide) groups is 1. The van der Waals surface area contributed by atoms with Crippen LogP contribution >= 0.6 is 24.0 Å². The first kappa shape index (κ1) is 19.3. The topological polar surface area (TPSA) is 56.8 Å². The minimum atomic E-state index is -0.161. The minimum absolute atomic E-state index is 0.161. The molecule has 0 aliphatic carbocycles. The van der Waals surface area contributed by atoms with Crippen LogP contribution < -0.4 is 19.5 Å². The highest BCUT2D eigenvalue weighted by molar-refractivity contribution is 8.26. The number of rotatable bonds is 8. The van der Waals surface area contributed by atoms with E-state index in [0.29, 0.717) is 22.4 Å². The number of nitrogens with one attached hydrogen (secondary N) is 1. The molecule has 1 aliphatic rings. The first-order valence-electron chi connectivity index (χ1n) is 8.38. The molecule has 1 saturated heterocycles. The van der Waals surface area contributed by atoms with Crippen molar-refractivity contribution in [1.29, 1.82) is 0 Å². The molecule has 2 aromatic carbocycles. The second kappa shape index (κ2) is 9.43. The summed E-state index contributed by atoms with van der Waals surface area (Å²) in [5, 5.41) is 2.60. The lowest BCUT2D eigenvalue weighted by Gasteiger charge is -2.09. The Morgan fingerprint density at radius 2 is 1.70 bits per heavy atom. The quantitative estimate of drug-likeness (QED) is 0.409. The average Bonchev–Trinajstić information content (AvgIpc) is 2.99. The zero-order valence-electron chi connectivity index (χ0n) is 14.8. The normalized spacial score (nSPS) is 14.9. The summed E-state index contributed by atoms with van der Waals surface area (Å²) in [6, 6.07) is 15.1. The number of carbonyl (C=O) groups excluding carboxylic acids is 1. The number of ether oxygens (including phenoxy) is 3. The highest BCUT2D eigenvalue weighted by atomic mass is 32.2. The summed E-state index contributed by atoms with van der Waals surface area (Å²) in [5.41, 5.74) is 0.891. The first-order valence-corrected chi connectivity index (χ1v) is 9.61. The molecule has 1 aliphatic heterocycles. The van der Waals surface area contributed by atoms with Gasteiger partial charge < -0.3 is 19.5 Å². The van der Waals surface area contributed by atoms with E-state index in [0.717, 1.165) is 29.2 Å². The number of carbonyl (C=O) groups is 1. The molecule has 5 nitrogen and oxygen atoms in total. The second-order valence-electron chi connectivity index (χ2n) is 5.65. The third-order valence-corrected chi connectivity index (χ3v) is 4.83. The van der Waals surface area contributed by atoms with Crippen molar-refractivity contribution in [3.8, 4) is 17.2 Å². The predicted molar refractivity (Wildman–Crippen MR) is 111 cm³/mol. The summed E-state index contributed by atoms with van der Waals surface area (Å²) in [6.07, 6.45) is 2.55. The molecule has 7 heteroatoms. The predicted octanol–water partition coefficient (Wildman–Crippen LogP) is 4.03. The molecule has 1 amide bonds. The SMILES string of the molecule is COc1cccc(OCCCOc2cccc(C=C3SC(=S)NC3=O)c2)c1. The monoisotopic (exact) mass is 401 g/mol. The summed E-state index contributed by atoms with van der Waals surface area (Å²) >= 11 is 6.26. The summed E-state index contributed by atoms with van der Waals surface area (Å²) < 4.78 is 17.1. The summed E-state index contributed by atoms with van der Waals surface area (Å²) in [7, 11) is 1.63. The van der Waals surface area contributed by atoms with Crippen molar-refractivity contribution in [2.45, 2.75) is 6.42 Å². The maximum Gasteiger partial charge on any atom is 0.263 e. The minimum Gasteiger partial charge on any atom is -0.497 e. The lowest BCUT2D eigenvalue weighted by Crippen LogP contribution is -2.17. The fraction of sp³-hybridized carbons (Fsp3) is 0.200. The van der Waals surface area contributed by atoms with Gasteiger partial charge in [-0.25, -0.2) is 0 Å².